The number of anilines is 1. The molecule has 0 radical (unpaired) electrons. The second-order valence-electron chi connectivity index (χ2n) is 7.34. The van der Waals surface area contributed by atoms with Gasteiger partial charge in [-0.1, -0.05) is 61.1 Å². The minimum absolute atomic E-state index is 0.00506. The first-order valence-electron chi connectivity index (χ1n) is 10.5. The van der Waals surface area contributed by atoms with Gasteiger partial charge < -0.3 is 10.6 Å². The molecule has 30 heavy (non-hydrogen) atoms. The molecule has 3 N–H and O–H groups in total. The highest BCUT2D eigenvalue weighted by molar-refractivity contribution is 7.15. The predicted molar refractivity (Wildman–Crippen MR) is 119 cm³/mol. The van der Waals surface area contributed by atoms with E-state index in [-0.39, 0.29) is 23.9 Å². The number of piperidine rings is 1. The third-order valence-corrected chi connectivity index (χ3v) is 6.00. The van der Waals surface area contributed by atoms with Crippen molar-refractivity contribution < 1.29 is 9.59 Å². The van der Waals surface area contributed by atoms with Crippen molar-refractivity contribution in [3.05, 3.63) is 53.1 Å². The van der Waals surface area contributed by atoms with Gasteiger partial charge in [-0.25, -0.2) is 0 Å². The van der Waals surface area contributed by atoms with E-state index in [1.165, 1.54) is 23.0 Å². The molecule has 8 heteroatoms. The van der Waals surface area contributed by atoms with Crippen molar-refractivity contribution in [2.45, 2.75) is 57.5 Å². The molecule has 0 saturated carbocycles. The molecule has 1 aromatic carbocycles. The second kappa shape index (κ2) is 11.6. The summed E-state index contributed by atoms with van der Waals surface area (Å²) in [5.74, 6) is -0.280. The summed E-state index contributed by atoms with van der Waals surface area (Å²) in [6.07, 6.45) is 8.55. The Hall–Kier alpha value is -2.58. The number of hydrogen-bond donors (Lipinski definition) is 3. The number of rotatable bonds is 9. The first-order chi connectivity index (χ1) is 14.6. The van der Waals surface area contributed by atoms with E-state index in [4.69, 9.17) is 0 Å². The number of benzene rings is 1. The summed E-state index contributed by atoms with van der Waals surface area (Å²) < 4.78 is 0. The van der Waals surface area contributed by atoms with Crippen LogP contribution in [0.3, 0.4) is 0 Å². The molecule has 1 aromatic heterocycles. The molecule has 1 saturated heterocycles. The van der Waals surface area contributed by atoms with Crippen molar-refractivity contribution in [3.63, 3.8) is 0 Å². The van der Waals surface area contributed by atoms with Gasteiger partial charge in [-0.3, -0.25) is 14.9 Å². The maximum Gasteiger partial charge on any atom is 0.249 e. The third-order valence-electron chi connectivity index (χ3n) is 5.02. The molecule has 1 aliphatic rings. The van der Waals surface area contributed by atoms with Gasteiger partial charge in [0.2, 0.25) is 16.9 Å². The number of carbonyl (C=O) groups is 2. The molecule has 0 aliphatic carbocycles. The van der Waals surface area contributed by atoms with E-state index >= 15 is 0 Å². The Bertz CT molecular complexity index is 846. The molecule has 0 bridgehead atoms. The fourth-order valence-corrected chi connectivity index (χ4v) is 4.02. The molecular weight excluding hydrogens is 398 g/mol. The van der Waals surface area contributed by atoms with Crippen LogP contribution in [0.4, 0.5) is 5.13 Å². The van der Waals surface area contributed by atoms with Crippen molar-refractivity contribution >= 4 is 28.3 Å². The summed E-state index contributed by atoms with van der Waals surface area (Å²) >= 11 is 1.37. The summed E-state index contributed by atoms with van der Waals surface area (Å²) in [6.45, 7) is 2.86. The Morgan fingerprint density at radius 2 is 2.10 bits per heavy atom. The van der Waals surface area contributed by atoms with Crippen LogP contribution in [-0.4, -0.2) is 40.6 Å². The fraction of sp³-hybridized carbons (Fsp3) is 0.455. The van der Waals surface area contributed by atoms with Crippen molar-refractivity contribution in [3.8, 4) is 0 Å². The van der Waals surface area contributed by atoms with Crippen LogP contribution < -0.4 is 16.0 Å². The van der Waals surface area contributed by atoms with Crippen molar-refractivity contribution in [2.75, 3.05) is 11.9 Å². The molecule has 160 valence electrons. The number of nitrogens with one attached hydrogen (secondary N) is 3. The van der Waals surface area contributed by atoms with Gasteiger partial charge in [0.25, 0.3) is 0 Å². The standard InChI is InChI=1S/C22H29N5O2S/c1-2-20-26-27-22(30-20)25-19(28)14-13-17(12-11-16-8-4-3-5-9-16)24-21(29)18-10-6-7-15-23-18/h3-5,8-9,13-14,17-18,23H,2,6-7,10-12,15H2,1H3,(H,24,29)(H,25,27,28)/b14-13+/t17-,18-/m0/s1. The van der Waals surface area contributed by atoms with E-state index < -0.39 is 0 Å². The minimum Gasteiger partial charge on any atom is -0.349 e. The number of amides is 2. The molecule has 2 heterocycles. The normalized spacial score (nSPS) is 17.6. The van der Waals surface area contributed by atoms with Crippen LogP contribution in [0.1, 0.15) is 43.2 Å². The zero-order valence-electron chi connectivity index (χ0n) is 17.3. The molecule has 2 aromatic rings. The lowest BCUT2D eigenvalue weighted by atomic mass is 10.0. The smallest absolute Gasteiger partial charge is 0.249 e. The highest BCUT2D eigenvalue weighted by Crippen LogP contribution is 2.15. The Morgan fingerprint density at radius 3 is 2.80 bits per heavy atom. The number of nitrogens with zero attached hydrogens (tertiary/aromatic N) is 2. The SMILES string of the molecule is CCc1nnc(NC(=O)/C=C/[C@H](CCc2ccccc2)NC(=O)[C@@H]2CCCCN2)s1. The van der Waals surface area contributed by atoms with E-state index in [0.29, 0.717) is 11.6 Å². The van der Waals surface area contributed by atoms with Crippen LogP contribution >= 0.6 is 11.3 Å². The van der Waals surface area contributed by atoms with Crippen LogP contribution in [0.25, 0.3) is 0 Å². The molecule has 1 fully saturated rings. The highest BCUT2D eigenvalue weighted by Gasteiger charge is 2.22. The molecule has 1 aliphatic heterocycles. The summed E-state index contributed by atoms with van der Waals surface area (Å²) in [4.78, 5) is 25.0. The topological polar surface area (TPSA) is 96.0 Å². The first kappa shape index (κ1) is 22.1. The molecule has 7 nitrogen and oxygen atoms in total. The maximum atomic E-state index is 12.7. The number of aromatic nitrogens is 2. The number of carbonyl (C=O) groups excluding carboxylic acids is 2. The second-order valence-corrected chi connectivity index (χ2v) is 8.41. The van der Waals surface area contributed by atoms with Crippen LogP contribution in [0, 0.1) is 0 Å². The third kappa shape index (κ3) is 7.03. The van der Waals surface area contributed by atoms with E-state index in [0.717, 1.165) is 43.7 Å². The quantitative estimate of drug-likeness (QED) is 0.535. The Morgan fingerprint density at radius 1 is 1.27 bits per heavy atom. The van der Waals surface area contributed by atoms with Crippen molar-refractivity contribution in [1.82, 2.24) is 20.8 Å². The largest absolute Gasteiger partial charge is 0.349 e. The average molecular weight is 428 g/mol. The molecule has 2 atom stereocenters. The van der Waals surface area contributed by atoms with Crippen LogP contribution in [0.15, 0.2) is 42.5 Å². The molecule has 3 rings (SSSR count). The van der Waals surface area contributed by atoms with Gasteiger partial charge >= 0.3 is 0 Å². The van der Waals surface area contributed by atoms with Crippen LogP contribution in [0.5, 0.6) is 0 Å². The van der Waals surface area contributed by atoms with Gasteiger partial charge in [-0.2, -0.15) is 0 Å². The average Bonchev–Trinajstić information content (AvgIpc) is 3.24. The molecule has 0 unspecified atom stereocenters. The van der Waals surface area contributed by atoms with E-state index in [1.807, 2.05) is 25.1 Å². The Balaban J connectivity index is 1.60. The lowest BCUT2D eigenvalue weighted by Gasteiger charge is -2.25. The molecule has 2 amide bonds. The van der Waals surface area contributed by atoms with Gasteiger partial charge in [0.1, 0.15) is 5.01 Å². The summed E-state index contributed by atoms with van der Waals surface area (Å²) in [6, 6.07) is 9.74. The number of hydrogen-bond acceptors (Lipinski definition) is 6. The van der Waals surface area contributed by atoms with Crippen molar-refractivity contribution in [2.24, 2.45) is 0 Å². The fourth-order valence-electron chi connectivity index (χ4n) is 3.34. The Labute approximate surface area is 181 Å². The van der Waals surface area contributed by atoms with Crippen LogP contribution in [-0.2, 0) is 22.4 Å². The van der Waals surface area contributed by atoms with Gasteiger partial charge in [-0.15, -0.1) is 10.2 Å². The highest BCUT2D eigenvalue weighted by atomic mass is 32.1. The lowest BCUT2D eigenvalue weighted by Crippen LogP contribution is -2.49. The Kier molecular flexibility index (Phi) is 8.53. The predicted octanol–water partition coefficient (Wildman–Crippen LogP) is 2.85. The van der Waals surface area contributed by atoms with Gasteiger partial charge in [0.05, 0.1) is 6.04 Å². The van der Waals surface area contributed by atoms with Gasteiger partial charge in [0.15, 0.2) is 0 Å². The lowest BCUT2D eigenvalue weighted by molar-refractivity contribution is -0.124. The first-order valence-corrected chi connectivity index (χ1v) is 11.3. The summed E-state index contributed by atoms with van der Waals surface area (Å²) in [7, 11) is 0. The summed E-state index contributed by atoms with van der Waals surface area (Å²) in [5.41, 5.74) is 1.20. The van der Waals surface area contributed by atoms with Crippen LogP contribution in [0.2, 0.25) is 0 Å². The molecular formula is C22H29N5O2S. The number of aryl methyl sites for hydroxylation is 2. The zero-order chi connectivity index (χ0) is 21.2. The van der Waals surface area contributed by atoms with E-state index in [2.05, 4.69) is 38.3 Å². The molecule has 0 spiro atoms. The zero-order valence-corrected chi connectivity index (χ0v) is 18.1. The van der Waals surface area contributed by atoms with Gasteiger partial charge in [-0.05, 0) is 44.2 Å². The van der Waals surface area contributed by atoms with Crippen molar-refractivity contribution in [1.29, 1.82) is 0 Å². The summed E-state index contributed by atoms with van der Waals surface area (Å²) in [5, 5.41) is 18.4. The van der Waals surface area contributed by atoms with Gasteiger partial charge in [0, 0.05) is 12.1 Å². The maximum absolute atomic E-state index is 12.7. The van der Waals surface area contributed by atoms with E-state index in [1.54, 1.807) is 6.08 Å². The minimum atomic E-state index is -0.274. The monoisotopic (exact) mass is 427 g/mol. The van der Waals surface area contributed by atoms with E-state index in [9.17, 15) is 9.59 Å².